The van der Waals surface area contributed by atoms with Crippen LogP contribution in [0.15, 0.2) is 30.3 Å². The van der Waals surface area contributed by atoms with Crippen molar-refractivity contribution in [2.45, 2.75) is 0 Å². The van der Waals surface area contributed by atoms with E-state index in [4.69, 9.17) is 17.3 Å². The number of rotatable bonds is 2. The zero-order valence-corrected chi connectivity index (χ0v) is 9.29. The third kappa shape index (κ3) is 2.54. The summed E-state index contributed by atoms with van der Waals surface area (Å²) >= 11 is 4.86. The summed E-state index contributed by atoms with van der Waals surface area (Å²) in [7, 11) is 0. The Labute approximate surface area is 101 Å². The molecule has 0 amide bonds. The van der Waals surface area contributed by atoms with Gasteiger partial charge in [0.15, 0.2) is 0 Å². The fourth-order valence-corrected chi connectivity index (χ4v) is 1.53. The van der Waals surface area contributed by atoms with Gasteiger partial charge in [0.05, 0.1) is 0 Å². The van der Waals surface area contributed by atoms with E-state index < -0.39 is 5.97 Å². The van der Waals surface area contributed by atoms with E-state index in [1.807, 2.05) is 0 Å². The van der Waals surface area contributed by atoms with E-state index in [2.05, 4.69) is 9.97 Å². The van der Waals surface area contributed by atoms with E-state index in [1.54, 1.807) is 0 Å². The van der Waals surface area contributed by atoms with Crippen LogP contribution in [0.4, 0.5) is 4.39 Å². The zero-order chi connectivity index (χ0) is 12.4. The molecule has 0 saturated carbocycles. The van der Waals surface area contributed by atoms with Crippen LogP contribution in [0.5, 0.6) is 0 Å². The molecule has 17 heavy (non-hydrogen) atoms. The number of nitrogens with one attached hydrogen (secondary N) is 1. The number of nitrogens with zero attached hydrogens (tertiary/aromatic N) is 1. The van der Waals surface area contributed by atoms with Crippen LogP contribution in [0.1, 0.15) is 10.5 Å². The Bertz CT molecular complexity index is 622. The molecule has 0 aliphatic carbocycles. The minimum atomic E-state index is -1.12. The van der Waals surface area contributed by atoms with Crippen LogP contribution in [-0.2, 0) is 0 Å². The van der Waals surface area contributed by atoms with E-state index >= 15 is 0 Å². The van der Waals surface area contributed by atoms with Crippen LogP contribution in [0.25, 0.3) is 11.4 Å². The Balaban J connectivity index is 2.55. The van der Waals surface area contributed by atoms with Gasteiger partial charge in [0, 0.05) is 11.6 Å². The third-order valence-electron chi connectivity index (χ3n) is 2.09. The molecule has 0 fully saturated rings. The average molecular weight is 250 g/mol. The minimum absolute atomic E-state index is 0.0516. The third-order valence-corrected chi connectivity index (χ3v) is 2.30. The Kier molecular flexibility index (Phi) is 2.97. The van der Waals surface area contributed by atoms with Crippen molar-refractivity contribution in [2.75, 3.05) is 0 Å². The molecule has 2 rings (SSSR count). The molecule has 0 aliphatic heterocycles. The molecule has 0 saturated heterocycles. The summed E-state index contributed by atoms with van der Waals surface area (Å²) in [6, 6.07) is 6.77. The molecular weight excluding hydrogens is 243 g/mol. The molecular formula is C11H7FN2O2S. The quantitative estimate of drug-likeness (QED) is 0.804. The second-order valence-corrected chi connectivity index (χ2v) is 3.71. The van der Waals surface area contributed by atoms with E-state index in [0.717, 1.165) is 0 Å². The number of hydrogen-bond acceptors (Lipinski definition) is 3. The Morgan fingerprint density at radius 3 is 2.59 bits per heavy atom. The van der Waals surface area contributed by atoms with Gasteiger partial charge in [-0.1, -0.05) is 12.2 Å². The Morgan fingerprint density at radius 2 is 2.00 bits per heavy atom. The number of halogens is 1. The van der Waals surface area contributed by atoms with Crippen LogP contribution < -0.4 is 0 Å². The number of hydrogen-bond donors (Lipinski definition) is 2. The van der Waals surface area contributed by atoms with E-state index in [-0.39, 0.29) is 16.2 Å². The summed E-state index contributed by atoms with van der Waals surface area (Å²) in [4.78, 5) is 17.4. The first-order valence-electron chi connectivity index (χ1n) is 4.67. The van der Waals surface area contributed by atoms with Crippen LogP contribution in [-0.4, -0.2) is 21.0 Å². The topological polar surface area (TPSA) is 66.0 Å². The highest BCUT2D eigenvalue weighted by molar-refractivity contribution is 7.71. The van der Waals surface area contributed by atoms with Gasteiger partial charge in [0.2, 0.25) is 0 Å². The molecule has 0 aliphatic rings. The van der Waals surface area contributed by atoms with Crippen LogP contribution in [0, 0.1) is 10.5 Å². The SMILES string of the molecule is O=C(O)c1cc(=S)nc(-c2ccc(F)cc2)[nH]1. The summed E-state index contributed by atoms with van der Waals surface area (Å²) in [5.74, 6) is -1.20. The first-order chi connectivity index (χ1) is 8.06. The van der Waals surface area contributed by atoms with Gasteiger partial charge >= 0.3 is 5.97 Å². The number of carboxylic acid groups (broad SMARTS) is 1. The van der Waals surface area contributed by atoms with Gasteiger partial charge in [-0.05, 0) is 24.3 Å². The predicted molar refractivity (Wildman–Crippen MR) is 61.8 cm³/mol. The summed E-state index contributed by atoms with van der Waals surface area (Å²) < 4.78 is 12.9. The highest BCUT2D eigenvalue weighted by Crippen LogP contribution is 2.15. The maximum absolute atomic E-state index is 12.7. The molecule has 86 valence electrons. The number of benzene rings is 1. The lowest BCUT2D eigenvalue weighted by Crippen LogP contribution is -2.03. The number of aromatic amines is 1. The first kappa shape index (κ1) is 11.4. The summed E-state index contributed by atoms with van der Waals surface area (Å²) in [6.07, 6.45) is 0. The summed E-state index contributed by atoms with van der Waals surface area (Å²) in [6.45, 7) is 0. The van der Waals surface area contributed by atoms with Crippen molar-refractivity contribution in [3.63, 3.8) is 0 Å². The largest absolute Gasteiger partial charge is 0.477 e. The molecule has 0 unspecified atom stereocenters. The first-order valence-corrected chi connectivity index (χ1v) is 5.08. The number of aromatic nitrogens is 2. The van der Waals surface area contributed by atoms with Gasteiger partial charge in [-0.25, -0.2) is 14.2 Å². The fraction of sp³-hybridized carbons (Fsp3) is 0. The van der Waals surface area contributed by atoms with Crippen molar-refractivity contribution >= 4 is 18.2 Å². The van der Waals surface area contributed by atoms with Crippen molar-refractivity contribution in [1.82, 2.24) is 9.97 Å². The lowest BCUT2D eigenvalue weighted by molar-refractivity contribution is 0.0690. The summed E-state index contributed by atoms with van der Waals surface area (Å²) in [5.41, 5.74) is 0.518. The van der Waals surface area contributed by atoms with Crippen LogP contribution >= 0.6 is 12.2 Å². The van der Waals surface area contributed by atoms with Crippen molar-refractivity contribution < 1.29 is 14.3 Å². The molecule has 0 radical (unpaired) electrons. The lowest BCUT2D eigenvalue weighted by Gasteiger charge is -2.02. The Morgan fingerprint density at radius 1 is 1.35 bits per heavy atom. The van der Waals surface area contributed by atoms with Crippen molar-refractivity contribution in [3.05, 3.63) is 46.5 Å². The highest BCUT2D eigenvalue weighted by atomic mass is 32.1. The van der Waals surface area contributed by atoms with Gasteiger partial charge in [-0.3, -0.25) is 0 Å². The normalized spacial score (nSPS) is 10.2. The van der Waals surface area contributed by atoms with E-state index in [1.165, 1.54) is 30.3 Å². The number of H-pyrrole nitrogens is 1. The van der Waals surface area contributed by atoms with Gasteiger partial charge in [0.1, 0.15) is 22.0 Å². The molecule has 0 bridgehead atoms. The van der Waals surface area contributed by atoms with E-state index in [0.29, 0.717) is 11.4 Å². The molecule has 1 aromatic carbocycles. The molecule has 1 heterocycles. The number of aromatic carboxylic acids is 1. The van der Waals surface area contributed by atoms with Crippen molar-refractivity contribution in [3.8, 4) is 11.4 Å². The Hall–Kier alpha value is -2.08. The minimum Gasteiger partial charge on any atom is -0.477 e. The van der Waals surface area contributed by atoms with Gasteiger partial charge in [-0.2, -0.15) is 0 Å². The molecule has 2 aromatic rings. The van der Waals surface area contributed by atoms with Crippen LogP contribution in [0.2, 0.25) is 0 Å². The number of carbonyl (C=O) groups is 1. The zero-order valence-electron chi connectivity index (χ0n) is 8.48. The van der Waals surface area contributed by atoms with Gasteiger partial charge in [0.25, 0.3) is 0 Å². The molecule has 2 N–H and O–H groups in total. The monoisotopic (exact) mass is 250 g/mol. The number of carboxylic acids is 1. The van der Waals surface area contributed by atoms with Gasteiger partial charge < -0.3 is 10.1 Å². The maximum Gasteiger partial charge on any atom is 0.352 e. The molecule has 0 atom stereocenters. The molecule has 4 nitrogen and oxygen atoms in total. The van der Waals surface area contributed by atoms with Crippen molar-refractivity contribution in [2.24, 2.45) is 0 Å². The molecule has 0 spiro atoms. The standard InChI is InChI=1S/C11H7FN2O2S/c12-7-3-1-6(2-4-7)10-13-8(11(15)16)5-9(17)14-10/h1-5H,(H,15,16)(H,13,14,17). The highest BCUT2D eigenvalue weighted by Gasteiger charge is 2.07. The van der Waals surface area contributed by atoms with Crippen LogP contribution in [0.3, 0.4) is 0 Å². The second-order valence-electron chi connectivity index (χ2n) is 3.29. The fourth-order valence-electron chi connectivity index (χ4n) is 1.32. The van der Waals surface area contributed by atoms with Gasteiger partial charge in [-0.15, -0.1) is 0 Å². The average Bonchev–Trinajstić information content (AvgIpc) is 2.29. The maximum atomic E-state index is 12.7. The lowest BCUT2D eigenvalue weighted by atomic mass is 10.2. The van der Waals surface area contributed by atoms with Crippen molar-refractivity contribution in [1.29, 1.82) is 0 Å². The smallest absolute Gasteiger partial charge is 0.352 e. The second kappa shape index (κ2) is 4.42. The molecule has 1 aromatic heterocycles. The summed E-state index contributed by atoms with van der Waals surface area (Å²) in [5, 5.41) is 8.86. The predicted octanol–water partition coefficient (Wildman–Crippen LogP) is 2.64. The van der Waals surface area contributed by atoms with E-state index in [9.17, 15) is 9.18 Å². The molecule has 6 heteroatoms.